The fourth-order valence-corrected chi connectivity index (χ4v) is 3.65. The lowest BCUT2D eigenvalue weighted by molar-refractivity contribution is -0.119. The van der Waals surface area contributed by atoms with E-state index in [1.165, 1.54) is 0 Å². The SMILES string of the molecule is NS(=O)(=O)CC1(c2ccccc2)CC(F)(F)C1. The molecule has 1 aromatic rings. The van der Waals surface area contributed by atoms with Gasteiger partial charge in [0, 0.05) is 18.3 Å². The summed E-state index contributed by atoms with van der Waals surface area (Å²) in [4.78, 5) is 0. The Bertz CT molecular complexity index is 506. The first-order valence-corrected chi connectivity index (χ1v) is 6.88. The number of benzene rings is 1. The number of hydrogen-bond donors (Lipinski definition) is 1. The maximum atomic E-state index is 13.1. The summed E-state index contributed by atoms with van der Waals surface area (Å²) in [7, 11) is -3.77. The van der Waals surface area contributed by atoms with E-state index in [1.807, 2.05) is 0 Å². The lowest BCUT2D eigenvalue weighted by atomic mass is 9.63. The fraction of sp³-hybridized carbons (Fsp3) is 0.455. The maximum Gasteiger partial charge on any atom is 0.249 e. The number of halogens is 2. The molecule has 0 radical (unpaired) electrons. The Morgan fingerprint density at radius 3 is 2.12 bits per heavy atom. The summed E-state index contributed by atoms with van der Waals surface area (Å²) in [5.74, 6) is -3.22. The summed E-state index contributed by atoms with van der Waals surface area (Å²) in [6, 6.07) is 8.50. The van der Waals surface area contributed by atoms with Crippen molar-refractivity contribution in [2.45, 2.75) is 24.2 Å². The fourth-order valence-electron chi connectivity index (χ4n) is 2.50. The standard InChI is InChI=1S/C11H13F2NO2S/c12-11(13)6-10(7-11,8-17(14,15)16)9-4-2-1-3-5-9/h1-5H,6-8H2,(H2,14,15,16). The minimum atomic E-state index is -3.77. The zero-order valence-corrected chi connectivity index (χ0v) is 9.88. The van der Waals surface area contributed by atoms with Crippen LogP contribution in [0.1, 0.15) is 18.4 Å². The molecular weight excluding hydrogens is 248 g/mol. The first kappa shape index (κ1) is 12.4. The van der Waals surface area contributed by atoms with Crippen LogP contribution >= 0.6 is 0 Å². The maximum absolute atomic E-state index is 13.1. The van der Waals surface area contributed by atoms with Crippen LogP contribution in [0, 0.1) is 0 Å². The van der Waals surface area contributed by atoms with E-state index in [4.69, 9.17) is 5.14 Å². The highest BCUT2D eigenvalue weighted by molar-refractivity contribution is 7.89. The van der Waals surface area contributed by atoms with Gasteiger partial charge >= 0.3 is 0 Å². The van der Waals surface area contributed by atoms with Gasteiger partial charge in [-0.3, -0.25) is 0 Å². The van der Waals surface area contributed by atoms with Crippen molar-refractivity contribution in [1.29, 1.82) is 0 Å². The molecule has 1 aromatic carbocycles. The van der Waals surface area contributed by atoms with Crippen molar-refractivity contribution in [2.75, 3.05) is 5.75 Å². The summed E-state index contributed by atoms with van der Waals surface area (Å²) in [5, 5.41) is 4.98. The van der Waals surface area contributed by atoms with Crippen molar-refractivity contribution in [3.8, 4) is 0 Å². The van der Waals surface area contributed by atoms with E-state index in [9.17, 15) is 17.2 Å². The second-order valence-corrected chi connectivity index (χ2v) is 6.28. The highest BCUT2D eigenvalue weighted by Crippen LogP contribution is 2.53. The van der Waals surface area contributed by atoms with E-state index >= 15 is 0 Å². The van der Waals surface area contributed by atoms with Crippen LogP contribution in [0.4, 0.5) is 8.78 Å². The topological polar surface area (TPSA) is 60.2 Å². The van der Waals surface area contributed by atoms with Crippen LogP contribution in [0.2, 0.25) is 0 Å². The van der Waals surface area contributed by atoms with Crippen molar-refractivity contribution >= 4 is 10.0 Å². The number of primary sulfonamides is 1. The molecule has 2 rings (SSSR count). The molecular formula is C11H13F2NO2S. The van der Waals surface area contributed by atoms with Crippen LogP contribution in [0.3, 0.4) is 0 Å². The number of hydrogen-bond acceptors (Lipinski definition) is 2. The van der Waals surface area contributed by atoms with Gasteiger partial charge in [0.1, 0.15) is 0 Å². The smallest absolute Gasteiger partial charge is 0.229 e. The summed E-state index contributed by atoms with van der Waals surface area (Å²) in [6.45, 7) is 0. The lowest BCUT2D eigenvalue weighted by Gasteiger charge is -2.47. The van der Waals surface area contributed by atoms with Crippen LogP contribution in [-0.2, 0) is 15.4 Å². The summed E-state index contributed by atoms with van der Waals surface area (Å²) >= 11 is 0. The Morgan fingerprint density at radius 2 is 1.71 bits per heavy atom. The number of rotatable bonds is 3. The second-order valence-electron chi connectivity index (χ2n) is 4.66. The van der Waals surface area contributed by atoms with Crippen LogP contribution in [-0.4, -0.2) is 20.1 Å². The van der Waals surface area contributed by atoms with Crippen LogP contribution in [0.5, 0.6) is 0 Å². The summed E-state index contributed by atoms with van der Waals surface area (Å²) < 4.78 is 48.4. The van der Waals surface area contributed by atoms with Crippen molar-refractivity contribution in [1.82, 2.24) is 0 Å². The molecule has 0 amide bonds. The second kappa shape index (κ2) is 3.74. The van der Waals surface area contributed by atoms with Gasteiger partial charge in [0.25, 0.3) is 0 Å². The molecule has 1 saturated carbocycles. The monoisotopic (exact) mass is 261 g/mol. The predicted octanol–water partition coefficient (Wildman–Crippen LogP) is 1.64. The van der Waals surface area contributed by atoms with Gasteiger partial charge in [0.15, 0.2) is 0 Å². The molecule has 0 unspecified atom stereocenters. The third-order valence-electron chi connectivity index (χ3n) is 3.06. The van der Waals surface area contributed by atoms with Crippen molar-refractivity contribution in [3.63, 3.8) is 0 Å². The van der Waals surface area contributed by atoms with E-state index in [0.29, 0.717) is 5.56 Å². The van der Waals surface area contributed by atoms with Crippen LogP contribution in [0.25, 0.3) is 0 Å². The minimum Gasteiger partial charge on any atom is -0.229 e. The Labute approximate surface area is 98.7 Å². The minimum absolute atomic E-state index is 0.431. The van der Waals surface area contributed by atoms with Gasteiger partial charge in [-0.2, -0.15) is 0 Å². The normalized spacial score (nSPS) is 21.8. The number of alkyl halides is 2. The molecule has 94 valence electrons. The number of nitrogens with two attached hydrogens (primary N) is 1. The zero-order chi connectivity index (χ0) is 12.7. The molecule has 0 atom stereocenters. The molecule has 6 heteroatoms. The van der Waals surface area contributed by atoms with Gasteiger partial charge in [-0.05, 0) is 5.56 Å². The molecule has 0 aliphatic heterocycles. The first-order chi connectivity index (χ1) is 7.73. The van der Waals surface area contributed by atoms with Crippen molar-refractivity contribution < 1.29 is 17.2 Å². The Kier molecular flexibility index (Phi) is 2.74. The molecule has 3 nitrogen and oxygen atoms in total. The third kappa shape index (κ3) is 2.63. The molecule has 0 bridgehead atoms. The lowest BCUT2D eigenvalue weighted by Crippen LogP contribution is -2.54. The van der Waals surface area contributed by atoms with E-state index in [2.05, 4.69) is 0 Å². The molecule has 1 aliphatic rings. The van der Waals surface area contributed by atoms with Crippen LogP contribution < -0.4 is 5.14 Å². The predicted molar refractivity (Wildman–Crippen MR) is 60.3 cm³/mol. The highest BCUT2D eigenvalue weighted by atomic mass is 32.2. The van der Waals surface area contributed by atoms with Gasteiger partial charge in [-0.15, -0.1) is 0 Å². The Balaban J connectivity index is 2.34. The largest absolute Gasteiger partial charge is 0.249 e. The molecule has 1 fully saturated rings. The van der Waals surface area contributed by atoms with Crippen LogP contribution in [0.15, 0.2) is 30.3 Å². The van der Waals surface area contributed by atoms with Crippen molar-refractivity contribution in [3.05, 3.63) is 35.9 Å². The molecule has 0 aromatic heterocycles. The van der Waals surface area contributed by atoms with E-state index in [0.717, 1.165) is 0 Å². The van der Waals surface area contributed by atoms with Gasteiger partial charge in [0.2, 0.25) is 15.9 Å². The van der Waals surface area contributed by atoms with E-state index in [1.54, 1.807) is 30.3 Å². The molecule has 2 N–H and O–H groups in total. The van der Waals surface area contributed by atoms with E-state index < -0.39 is 40.0 Å². The zero-order valence-electron chi connectivity index (χ0n) is 9.07. The molecule has 0 heterocycles. The van der Waals surface area contributed by atoms with Gasteiger partial charge in [0.05, 0.1) is 5.75 Å². The van der Waals surface area contributed by atoms with E-state index in [-0.39, 0.29) is 0 Å². The summed E-state index contributed by atoms with van der Waals surface area (Å²) in [5.41, 5.74) is -0.418. The average Bonchev–Trinajstić information content (AvgIpc) is 2.13. The van der Waals surface area contributed by atoms with Gasteiger partial charge in [-0.25, -0.2) is 22.3 Å². The molecule has 0 saturated heterocycles. The Hall–Kier alpha value is -1.01. The highest BCUT2D eigenvalue weighted by Gasteiger charge is 2.58. The average molecular weight is 261 g/mol. The first-order valence-electron chi connectivity index (χ1n) is 5.16. The molecule has 17 heavy (non-hydrogen) atoms. The molecule has 0 spiro atoms. The number of sulfonamides is 1. The van der Waals surface area contributed by atoms with Gasteiger partial charge < -0.3 is 0 Å². The quantitative estimate of drug-likeness (QED) is 0.899. The Morgan fingerprint density at radius 1 is 1.18 bits per heavy atom. The molecule has 1 aliphatic carbocycles. The third-order valence-corrected chi connectivity index (χ3v) is 4.01. The van der Waals surface area contributed by atoms with Gasteiger partial charge in [-0.1, -0.05) is 30.3 Å². The van der Waals surface area contributed by atoms with Crippen molar-refractivity contribution in [2.24, 2.45) is 5.14 Å². The summed E-state index contributed by atoms with van der Waals surface area (Å²) in [6.07, 6.45) is -0.916.